The molecule has 0 aliphatic heterocycles. The lowest BCUT2D eigenvalue weighted by atomic mass is 9.47. The summed E-state index contributed by atoms with van der Waals surface area (Å²) in [7, 11) is 0. The van der Waals surface area contributed by atoms with Crippen LogP contribution in [-0.4, -0.2) is 49.6 Å². The second-order valence-corrected chi connectivity index (χ2v) is 13.0. The van der Waals surface area contributed by atoms with Gasteiger partial charge in [0.2, 0.25) is 0 Å². The van der Waals surface area contributed by atoms with Crippen molar-refractivity contribution in [2.45, 2.75) is 116 Å². The van der Waals surface area contributed by atoms with Gasteiger partial charge in [-0.1, -0.05) is 19.4 Å². The molecule has 32 heavy (non-hydrogen) atoms. The molecule has 0 aromatic heterocycles. The monoisotopic (exact) mass is 448 g/mol. The maximum atomic E-state index is 13.2. The quantitative estimate of drug-likeness (QED) is 0.513. The highest BCUT2D eigenvalue weighted by atomic mass is 16.3. The lowest BCUT2D eigenvalue weighted by Crippen LogP contribution is -2.56. The van der Waals surface area contributed by atoms with E-state index < -0.39 is 23.4 Å². The number of rotatable bonds is 5. The summed E-state index contributed by atoms with van der Waals surface area (Å²) in [5.74, 6) is 0.639. The van der Waals surface area contributed by atoms with E-state index in [1.54, 1.807) is 0 Å². The third-order valence-electron chi connectivity index (χ3n) is 10.1. The van der Waals surface area contributed by atoms with Gasteiger partial charge in [-0.25, -0.2) is 0 Å². The lowest BCUT2D eigenvalue weighted by molar-refractivity contribution is -0.144. The number of hydrogen-bond donors (Lipinski definition) is 4. The Morgan fingerprint density at radius 2 is 1.59 bits per heavy atom. The van der Waals surface area contributed by atoms with Crippen molar-refractivity contribution in [3.63, 3.8) is 0 Å². The molecule has 0 bridgehead atoms. The van der Waals surface area contributed by atoms with E-state index in [9.17, 15) is 25.2 Å². The summed E-state index contributed by atoms with van der Waals surface area (Å²) < 4.78 is 0. The minimum Gasteiger partial charge on any atom is -0.390 e. The molecule has 0 spiro atoms. The van der Waals surface area contributed by atoms with Crippen molar-refractivity contribution >= 4 is 5.78 Å². The van der Waals surface area contributed by atoms with E-state index in [4.69, 9.17) is 0 Å². The topological polar surface area (TPSA) is 98.0 Å². The Balaban J connectivity index is 1.58. The van der Waals surface area contributed by atoms with E-state index in [0.717, 1.165) is 32.1 Å². The van der Waals surface area contributed by atoms with Crippen LogP contribution in [-0.2, 0) is 4.79 Å². The van der Waals surface area contributed by atoms with E-state index in [-0.39, 0.29) is 40.3 Å². The average Bonchev–Trinajstić information content (AvgIpc) is 3.01. The molecule has 0 amide bonds. The van der Waals surface area contributed by atoms with Gasteiger partial charge >= 0.3 is 0 Å². The number of allylic oxidation sites excluding steroid dienone is 2. The summed E-state index contributed by atoms with van der Waals surface area (Å²) in [6.07, 6.45) is 7.24. The Morgan fingerprint density at radius 3 is 2.25 bits per heavy atom. The molecule has 3 saturated carbocycles. The molecule has 182 valence electrons. The molecule has 4 N–H and O–H groups in total. The van der Waals surface area contributed by atoms with Crippen LogP contribution in [0, 0.1) is 34.5 Å². The Labute approximate surface area is 193 Å². The Morgan fingerprint density at radius 1 is 0.938 bits per heavy atom. The zero-order chi connectivity index (χ0) is 23.7. The number of aliphatic hydroxyl groups excluding tert-OH is 2. The number of aliphatic hydroxyl groups is 4. The van der Waals surface area contributed by atoms with Crippen LogP contribution >= 0.6 is 0 Å². The van der Waals surface area contributed by atoms with E-state index in [0.29, 0.717) is 25.7 Å². The molecule has 0 radical (unpaired) electrons. The largest absolute Gasteiger partial charge is 0.390 e. The van der Waals surface area contributed by atoms with Gasteiger partial charge in [0.1, 0.15) is 0 Å². The summed E-state index contributed by atoms with van der Waals surface area (Å²) >= 11 is 0. The Hall–Kier alpha value is -0.750. The van der Waals surface area contributed by atoms with Gasteiger partial charge in [0.15, 0.2) is 5.78 Å². The summed E-state index contributed by atoms with van der Waals surface area (Å²) in [6.45, 7) is 10.1. The highest BCUT2D eigenvalue weighted by Crippen LogP contribution is 2.67. The molecule has 0 aromatic rings. The standard InChI is InChI=1S/C27H44O5/c1-24(2,31)10-6-11-27(5,32)23-8-7-17-16-13-20(28)19-14-21(29)22(30)15-26(19,4)18(16)9-12-25(17,23)3/h13,17-19,21-23,29-32H,6-12,14-15H2,1-5H3. The van der Waals surface area contributed by atoms with Crippen molar-refractivity contribution < 1.29 is 25.2 Å². The molecule has 4 aliphatic rings. The highest BCUT2D eigenvalue weighted by Gasteiger charge is 2.62. The Kier molecular flexibility index (Phi) is 6.02. The molecule has 3 fully saturated rings. The van der Waals surface area contributed by atoms with Crippen LogP contribution in [0.2, 0.25) is 0 Å². The molecule has 5 heteroatoms. The SMILES string of the molecule is CC(C)(O)CCCC(C)(O)C1CCC2C3=CC(=O)C4CC(O)C(O)CC4(C)C3CCC21C. The van der Waals surface area contributed by atoms with Gasteiger partial charge in [-0.3, -0.25) is 4.79 Å². The minimum absolute atomic E-state index is 0.0448. The van der Waals surface area contributed by atoms with Crippen molar-refractivity contribution in [1.29, 1.82) is 0 Å². The average molecular weight is 449 g/mol. The van der Waals surface area contributed by atoms with Crippen molar-refractivity contribution in [2.75, 3.05) is 0 Å². The first-order valence-corrected chi connectivity index (χ1v) is 12.8. The zero-order valence-electron chi connectivity index (χ0n) is 20.6. The fourth-order valence-corrected chi connectivity index (χ4v) is 8.47. The molecule has 0 heterocycles. The molecular formula is C27H44O5. The van der Waals surface area contributed by atoms with E-state index in [1.165, 1.54) is 5.57 Å². The number of hydrogen-bond acceptors (Lipinski definition) is 5. The van der Waals surface area contributed by atoms with Gasteiger partial charge in [-0.2, -0.15) is 0 Å². The van der Waals surface area contributed by atoms with Crippen molar-refractivity contribution in [1.82, 2.24) is 0 Å². The molecule has 9 atom stereocenters. The van der Waals surface area contributed by atoms with Gasteiger partial charge in [-0.15, -0.1) is 0 Å². The van der Waals surface area contributed by atoms with E-state index in [2.05, 4.69) is 13.8 Å². The summed E-state index contributed by atoms with van der Waals surface area (Å²) in [5, 5.41) is 42.3. The maximum absolute atomic E-state index is 13.2. The van der Waals surface area contributed by atoms with Crippen LogP contribution in [0.4, 0.5) is 0 Å². The second-order valence-electron chi connectivity index (χ2n) is 13.0. The van der Waals surface area contributed by atoms with Crippen molar-refractivity contribution in [3.8, 4) is 0 Å². The first-order valence-electron chi connectivity index (χ1n) is 12.8. The first kappa shape index (κ1) is 24.4. The van der Waals surface area contributed by atoms with E-state index in [1.807, 2.05) is 26.8 Å². The minimum atomic E-state index is -0.810. The first-order chi connectivity index (χ1) is 14.7. The number of ketones is 1. The van der Waals surface area contributed by atoms with Gasteiger partial charge < -0.3 is 20.4 Å². The predicted molar refractivity (Wildman–Crippen MR) is 124 cm³/mol. The molecule has 5 nitrogen and oxygen atoms in total. The van der Waals surface area contributed by atoms with Crippen LogP contribution in [0.25, 0.3) is 0 Å². The predicted octanol–water partition coefficient (Wildman–Crippen LogP) is 3.77. The molecule has 9 unspecified atom stereocenters. The lowest BCUT2D eigenvalue weighted by Gasteiger charge is -2.58. The van der Waals surface area contributed by atoms with Gasteiger partial charge in [0.05, 0.1) is 23.4 Å². The molecular weight excluding hydrogens is 404 g/mol. The number of fused-ring (bicyclic) bond motifs is 5. The van der Waals surface area contributed by atoms with Crippen molar-refractivity contribution in [3.05, 3.63) is 11.6 Å². The van der Waals surface area contributed by atoms with Crippen LogP contribution in [0.15, 0.2) is 11.6 Å². The summed E-state index contributed by atoms with van der Waals surface area (Å²) in [5.41, 5.74) is -0.599. The van der Waals surface area contributed by atoms with Gasteiger partial charge in [0.25, 0.3) is 0 Å². The Bertz CT molecular complexity index is 779. The molecule has 4 rings (SSSR count). The van der Waals surface area contributed by atoms with Crippen LogP contribution < -0.4 is 0 Å². The summed E-state index contributed by atoms with van der Waals surface area (Å²) in [4.78, 5) is 13.2. The summed E-state index contributed by atoms with van der Waals surface area (Å²) in [6, 6.07) is 0. The molecule has 0 aromatic carbocycles. The van der Waals surface area contributed by atoms with Crippen LogP contribution in [0.1, 0.15) is 92.4 Å². The fourth-order valence-electron chi connectivity index (χ4n) is 8.47. The smallest absolute Gasteiger partial charge is 0.159 e. The van der Waals surface area contributed by atoms with Crippen LogP contribution in [0.3, 0.4) is 0 Å². The fraction of sp³-hybridized carbons (Fsp3) is 0.889. The third kappa shape index (κ3) is 3.91. The number of carbonyl (C=O) groups is 1. The van der Waals surface area contributed by atoms with Crippen molar-refractivity contribution in [2.24, 2.45) is 34.5 Å². The second kappa shape index (κ2) is 7.90. The van der Waals surface area contributed by atoms with E-state index >= 15 is 0 Å². The third-order valence-corrected chi connectivity index (χ3v) is 10.1. The maximum Gasteiger partial charge on any atom is 0.159 e. The molecule has 0 saturated heterocycles. The van der Waals surface area contributed by atoms with Crippen LogP contribution in [0.5, 0.6) is 0 Å². The normalized spacial score (nSPS) is 46.0. The molecule has 4 aliphatic carbocycles. The highest BCUT2D eigenvalue weighted by molar-refractivity contribution is 5.94. The van der Waals surface area contributed by atoms with Gasteiger partial charge in [-0.05, 0) is 113 Å². The van der Waals surface area contributed by atoms with Gasteiger partial charge in [0, 0.05) is 5.92 Å². The zero-order valence-corrected chi connectivity index (χ0v) is 20.6. The number of carbonyl (C=O) groups excluding carboxylic acids is 1.